The van der Waals surface area contributed by atoms with Crippen LogP contribution in [-0.2, 0) is 10.2 Å². The van der Waals surface area contributed by atoms with Gasteiger partial charge >= 0.3 is 0 Å². The van der Waals surface area contributed by atoms with E-state index in [2.05, 4.69) is 15.5 Å². The number of alkyl halides is 1. The summed E-state index contributed by atoms with van der Waals surface area (Å²) in [4.78, 5) is 25.9. The van der Waals surface area contributed by atoms with Gasteiger partial charge in [-0.2, -0.15) is 4.98 Å². The second-order valence-electron chi connectivity index (χ2n) is 14.8. The van der Waals surface area contributed by atoms with Crippen molar-refractivity contribution in [2.75, 3.05) is 11.4 Å². The van der Waals surface area contributed by atoms with Crippen molar-refractivity contribution in [2.24, 2.45) is 10.8 Å². The number of benzene rings is 1. The van der Waals surface area contributed by atoms with E-state index in [0.29, 0.717) is 43.4 Å². The molecule has 2 heterocycles. The third-order valence-corrected chi connectivity index (χ3v) is 12.7. The molecular formula is C33H37FN4O2S. The Morgan fingerprint density at radius 2 is 1.71 bits per heavy atom. The summed E-state index contributed by atoms with van der Waals surface area (Å²) in [5.41, 5.74) is 2.31. The quantitative estimate of drug-likeness (QED) is 0.261. The van der Waals surface area contributed by atoms with Crippen LogP contribution < -0.4 is 4.90 Å². The van der Waals surface area contributed by atoms with Gasteiger partial charge in [-0.25, -0.2) is 9.37 Å². The highest BCUT2D eigenvalue weighted by molar-refractivity contribution is 7.09. The average molecular weight is 573 g/mol. The molecule has 0 aliphatic heterocycles. The minimum Gasteiger partial charge on any atom is -0.334 e. The lowest BCUT2D eigenvalue weighted by atomic mass is 9.41. The standard InChI is InChI=1S/C33H37FN4O2S/c34-33-17-31(18-33,19-33)15-26(39)38(24-3-1-2-23(14-24)28-36-27(37-40-28)22-6-7-22)20-30-8-11-32(12-9-30,13-10-30)29-35-25(16-41-29)21-4-5-21/h1-3,14,16,21-22H,4-13,15,17-20H2. The van der Waals surface area contributed by atoms with Gasteiger partial charge in [0.25, 0.3) is 5.89 Å². The van der Waals surface area contributed by atoms with Gasteiger partial charge in [-0.1, -0.05) is 11.2 Å². The first kappa shape index (κ1) is 24.9. The Bertz CT molecular complexity index is 1490. The maximum atomic E-state index is 14.4. The van der Waals surface area contributed by atoms with Crippen molar-refractivity contribution >= 4 is 22.9 Å². The average Bonchev–Trinajstić information content (AvgIpc) is 3.90. The molecule has 8 aliphatic carbocycles. The molecule has 1 aromatic carbocycles. The summed E-state index contributed by atoms with van der Waals surface area (Å²) >= 11 is 1.89. The zero-order valence-corrected chi connectivity index (χ0v) is 24.4. The van der Waals surface area contributed by atoms with Crippen LogP contribution in [0.3, 0.4) is 0 Å². The smallest absolute Gasteiger partial charge is 0.258 e. The van der Waals surface area contributed by atoms with Gasteiger partial charge in [0.2, 0.25) is 5.91 Å². The first-order valence-corrected chi connectivity index (χ1v) is 16.6. The highest BCUT2D eigenvalue weighted by Crippen LogP contribution is 2.71. The van der Waals surface area contributed by atoms with Gasteiger partial charge in [0.15, 0.2) is 5.82 Å². The Labute approximate surface area is 244 Å². The molecule has 0 radical (unpaired) electrons. The number of fused-ring (bicyclic) bond motifs is 3. The number of hydrogen-bond acceptors (Lipinski definition) is 6. The summed E-state index contributed by atoms with van der Waals surface area (Å²) in [5, 5.41) is 7.88. The van der Waals surface area contributed by atoms with E-state index in [-0.39, 0.29) is 22.2 Å². The third kappa shape index (κ3) is 4.14. The first-order valence-electron chi connectivity index (χ1n) is 15.7. The number of carbonyl (C=O) groups is 1. The van der Waals surface area contributed by atoms with Gasteiger partial charge < -0.3 is 9.42 Å². The van der Waals surface area contributed by atoms with Gasteiger partial charge in [-0.3, -0.25) is 4.79 Å². The predicted molar refractivity (Wildman–Crippen MR) is 155 cm³/mol. The Morgan fingerprint density at radius 3 is 2.39 bits per heavy atom. The zero-order chi connectivity index (χ0) is 27.5. The maximum Gasteiger partial charge on any atom is 0.258 e. The van der Waals surface area contributed by atoms with E-state index in [4.69, 9.17) is 9.51 Å². The molecule has 3 aromatic rings. The van der Waals surface area contributed by atoms with Crippen LogP contribution in [0.4, 0.5) is 10.1 Å². The summed E-state index contributed by atoms with van der Waals surface area (Å²) in [7, 11) is 0. The second-order valence-corrected chi connectivity index (χ2v) is 15.6. The van der Waals surface area contributed by atoms with Crippen molar-refractivity contribution in [3.8, 4) is 11.5 Å². The number of rotatable bonds is 9. The summed E-state index contributed by atoms with van der Waals surface area (Å²) in [5.74, 6) is 2.58. The molecular weight excluding hydrogens is 535 g/mol. The SMILES string of the molecule is O=C(CC12CC(F)(C1)C2)N(CC12CCC(c3nc(C4CC4)cs3)(CC1)CC2)c1cccc(-c2nc(C3CC3)no2)c1. The van der Waals surface area contributed by atoms with E-state index in [1.807, 2.05) is 40.5 Å². The van der Waals surface area contributed by atoms with Crippen molar-refractivity contribution in [1.82, 2.24) is 15.1 Å². The Balaban J connectivity index is 0.979. The molecule has 0 N–H and O–H groups in total. The molecule has 8 saturated carbocycles. The van der Waals surface area contributed by atoms with E-state index < -0.39 is 5.67 Å². The fourth-order valence-corrected chi connectivity index (χ4v) is 9.90. The molecule has 11 rings (SSSR count). The monoisotopic (exact) mass is 572 g/mol. The molecule has 41 heavy (non-hydrogen) atoms. The number of halogens is 1. The van der Waals surface area contributed by atoms with Gasteiger partial charge in [0.05, 0.1) is 10.7 Å². The molecule has 0 atom stereocenters. The van der Waals surface area contributed by atoms with Crippen LogP contribution in [-0.4, -0.2) is 33.2 Å². The van der Waals surface area contributed by atoms with Crippen molar-refractivity contribution in [3.05, 3.63) is 46.2 Å². The van der Waals surface area contributed by atoms with Gasteiger partial charge in [-0.05, 0) is 112 Å². The topological polar surface area (TPSA) is 72.1 Å². The van der Waals surface area contributed by atoms with E-state index in [0.717, 1.165) is 75.0 Å². The van der Waals surface area contributed by atoms with E-state index in [9.17, 15) is 9.18 Å². The molecule has 8 fully saturated rings. The number of anilines is 1. The highest BCUT2D eigenvalue weighted by atomic mass is 32.1. The first-order chi connectivity index (χ1) is 19.8. The Hall–Kier alpha value is -2.61. The molecule has 0 saturated heterocycles. The number of thiazole rings is 1. The molecule has 0 unspecified atom stereocenters. The van der Waals surface area contributed by atoms with Crippen LogP contribution in [0.2, 0.25) is 0 Å². The number of nitrogens with zero attached hydrogens (tertiary/aromatic N) is 4. The molecule has 8 heteroatoms. The Morgan fingerprint density at radius 1 is 0.976 bits per heavy atom. The molecule has 1 amide bonds. The predicted octanol–water partition coefficient (Wildman–Crippen LogP) is 7.86. The van der Waals surface area contributed by atoms with E-state index in [1.165, 1.54) is 23.5 Å². The molecule has 4 bridgehead atoms. The lowest BCUT2D eigenvalue weighted by Gasteiger charge is -2.66. The maximum absolute atomic E-state index is 14.4. The van der Waals surface area contributed by atoms with Crippen LogP contribution in [0.1, 0.15) is 118 Å². The van der Waals surface area contributed by atoms with Gasteiger partial charge in [0.1, 0.15) is 5.67 Å². The number of hydrogen-bond donors (Lipinski definition) is 0. The minimum absolute atomic E-state index is 0.119. The van der Waals surface area contributed by atoms with Crippen LogP contribution in [0.5, 0.6) is 0 Å². The zero-order valence-electron chi connectivity index (χ0n) is 23.5. The van der Waals surface area contributed by atoms with Crippen molar-refractivity contribution in [2.45, 2.75) is 113 Å². The van der Waals surface area contributed by atoms with Crippen LogP contribution >= 0.6 is 11.3 Å². The second kappa shape index (κ2) is 8.48. The van der Waals surface area contributed by atoms with Crippen molar-refractivity contribution < 1.29 is 13.7 Å². The van der Waals surface area contributed by atoms with Gasteiger partial charge in [-0.15, -0.1) is 11.3 Å². The molecule has 6 nitrogen and oxygen atoms in total. The van der Waals surface area contributed by atoms with Crippen LogP contribution in [0.15, 0.2) is 34.2 Å². The fourth-order valence-electron chi connectivity index (χ4n) is 8.71. The highest BCUT2D eigenvalue weighted by Gasteiger charge is 2.69. The van der Waals surface area contributed by atoms with Gasteiger partial charge in [0, 0.05) is 46.8 Å². The Kier molecular flexibility index (Phi) is 5.16. The fraction of sp³-hybridized carbons (Fsp3) is 0.636. The van der Waals surface area contributed by atoms with E-state index >= 15 is 0 Å². The normalized spacial score (nSPS) is 35.1. The van der Waals surface area contributed by atoms with Crippen molar-refractivity contribution in [1.29, 1.82) is 0 Å². The number of aromatic nitrogens is 3. The molecule has 8 aliphatic rings. The molecule has 214 valence electrons. The number of carbonyl (C=O) groups excluding carboxylic acids is 1. The minimum atomic E-state index is -0.994. The third-order valence-electron chi connectivity index (χ3n) is 11.6. The summed E-state index contributed by atoms with van der Waals surface area (Å²) in [6, 6.07) is 8.07. The lowest BCUT2D eigenvalue weighted by Crippen LogP contribution is -2.65. The van der Waals surface area contributed by atoms with Crippen LogP contribution in [0.25, 0.3) is 11.5 Å². The largest absolute Gasteiger partial charge is 0.334 e. The van der Waals surface area contributed by atoms with Crippen LogP contribution in [0, 0.1) is 10.8 Å². The molecule has 0 spiro atoms. The summed E-state index contributed by atoms with van der Waals surface area (Å²) < 4.78 is 20.0. The summed E-state index contributed by atoms with van der Waals surface area (Å²) in [6.07, 6.45) is 13.8. The molecule has 2 aromatic heterocycles. The van der Waals surface area contributed by atoms with Crippen molar-refractivity contribution in [3.63, 3.8) is 0 Å². The number of amides is 1. The van der Waals surface area contributed by atoms with E-state index in [1.54, 1.807) is 0 Å². The summed E-state index contributed by atoms with van der Waals surface area (Å²) in [6.45, 7) is 0.727. The lowest BCUT2D eigenvalue weighted by molar-refractivity contribution is -0.215.